The average molecular weight is 340 g/mol. The van der Waals surface area contributed by atoms with E-state index in [-0.39, 0.29) is 5.91 Å². The number of morpholine rings is 1. The molecule has 6 nitrogen and oxygen atoms in total. The van der Waals surface area contributed by atoms with Gasteiger partial charge < -0.3 is 15.0 Å². The maximum absolute atomic E-state index is 12.5. The van der Waals surface area contributed by atoms with Crippen molar-refractivity contribution in [2.24, 2.45) is 0 Å². The number of benzene rings is 1. The molecule has 25 heavy (non-hydrogen) atoms. The van der Waals surface area contributed by atoms with Gasteiger partial charge in [-0.3, -0.25) is 9.69 Å². The fourth-order valence-corrected chi connectivity index (χ4v) is 2.75. The predicted molar refractivity (Wildman–Crippen MR) is 99.2 cm³/mol. The van der Waals surface area contributed by atoms with Gasteiger partial charge >= 0.3 is 0 Å². The summed E-state index contributed by atoms with van der Waals surface area (Å²) in [5, 5.41) is 3.35. The van der Waals surface area contributed by atoms with E-state index in [1.54, 1.807) is 24.2 Å². The maximum Gasteiger partial charge on any atom is 0.276 e. The number of ether oxygens (including phenoxy) is 1. The van der Waals surface area contributed by atoms with Crippen LogP contribution in [0.25, 0.3) is 0 Å². The summed E-state index contributed by atoms with van der Waals surface area (Å²) in [5.74, 6) is -0.119. The van der Waals surface area contributed by atoms with Crippen LogP contribution >= 0.6 is 0 Å². The fourth-order valence-electron chi connectivity index (χ4n) is 2.75. The zero-order valence-corrected chi connectivity index (χ0v) is 14.5. The van der Waals surface area contributed by atoms with Crippen LogP contribution in [0.5, 0.6) is 0 Å². The van der Waals surface area contributed by atoms with Gasteiger partial charge in [0.2, 0.25) is 0 Å². The van der Waals surface area contributed by atoms with E-state index in [1.807, 2.05) is 36.4 Å². The number of hydrogen-bond donors (Lipinski definition) is 1. The van der Waals surface area contributed by atoms with Crippen molar-refractivity contribution in [2.45, 2.75) is 0 Å². The van der Waals surface area contributed by atoms with Crippen molar-refractivity contribution >= 4 is 17.3 Å². The Hall–Kier alpha value is -2.44. The Labute approximate surface area is 148 Å². The first kappa shape index (κ1) is 17.4. The third kappa shape index (κ3) is 4.78. The minimum atomic E-state index is -0.119. The number of anilines is 2. The molecule has 6 heteroatoms. The van der Waals surface area contributed by atoms with Gasteiger partial charge in [0.05, 0.1) is 25.1 Å². The number of carbonyl (C=O) groups is 1. The van der Waals surface area contributed by atoms with E-state index in [2.05, 4.69) is 15.2 Å². The summed E-state index contributed by atoms with van der Waals surface area (Å²) in [4.78, 5) is 20.8. The highest BCUT2D eigenvalue weighted by Gasteiger charge is 2.14. The van der Waals surface area contributed by atoms with E-state index in [0.717, 1.165) is 50.8 Å². The number of hydrogen-bond acceptors (Lipinski definition) is 5. The van der Waals surface area contributed by atoms with Gasteiger partial charge in [-0.1, -0.05) is 18.2 Å². The summed E-state index contributed by atoms with van der Waals surface area (Å²) >= 11 is 0. The molecule has 1 aromatic carbocycles. The normalized spacial score (nSPS) is 14.9. The summed E-state index contributed by atoms with van der Waals surface area (Å²) in [6.45, 7) is 5.42. The van der Waals surface area contributed by atoms with E-state index in [9.17, 15) is 4.79 Å². The number of aromatic nitrogens is 1. The van der Waals surface area contributed by atoms with Crippen molar-refractivity contribution in [3.8, 4) is 0 Å². The molecular weight excluding hydrogens is 316 g/mol. The molecule has 0 spiro atoms. The summed E-state index contributed by atoms with van der Waals surface area (Å²) < 4.78 is 5.34. The van der Waals surface area contributed by atoms with Crippen LogP contribution in [-0.2, 0) is 4.74 Å². The number of amides is 1. The molecule has 1 N–H and O–H groups in total. The number of carbonyl (C=O) groups excluding carboxylic acids is 1. The lowest BCUT2D eigenvalue weighted by atomic mass is 10.2. The van der Waals surface area contributed by atoms with Crippen LogP contribution in [0.4, 0.5) is 11.4 Å². The van der Waals surface area contributed by atoms with Crippen molar-refractivity contribution in [1.82, 2.24) is 9.88 Å². The highest BCUT2D eigenvalue weighted by molar-refractivity contribution is 6.04. The monoisotopic (exact) mass is 340 g/mol. The van der Waals surface area contributed by atoms with Crippen LogP contribution < -0.4 is 10.2 Å². The molecule has 1 aliphatic rings. The predicted octanol–water partition coefficient (Wildman–Crippen LogP) is 2.10. The number of rotatable bonds is 6. The van der Waals surface area contributed by atoms with Gasteiger partial charge in [-0.2, -0.15) is 0 Å². The quantitative estimate of drug-likeness (QED) is 0.873. The Morgan fingerprint density at radius 1 is 1.20 bits per heavy atom. The van der Waals surface area contributed by atoms with Gasteiger partial charge in [-0.15, -0.1) is 0 Å². The minimum absolute atomic E-state index is 0.119. The SMILES string of the molecule is CN(C(=O)c1ccc(NCCN2CCOCC2)cn1)c1ccccc1. The van der Waals surface area contributed by atoms with Gasteiger partial charge in [0.25, 0.3) is 5.91 Å². The first-order valence-corrected chi connectivity index (χ1v) is 8.57. The minimum Gasteiger partial charge on any atom is -0.383 e. The van der Waals surface area contributed by atoms with E-state index >= 15 is 0 Å². The molecule has 1 aromatic heterocycles. The van der Waals surface area contributed by atoms with Crippen molar-refractivity contribution in [1.29, 1.82) is 0 Å². The topological polar surface area (TPSA) is 57.7 Å². The van der Waals surface area contributed by atoms with E-state index in [0.29, 0.717) is 5.69 Å². The first-order valence-electron chi connectivity index (χ1n) is 8.57. The van der Waals surface area contributed by atoms with Crippen LogP contribution in [0.3, 0.4) is 0 Å². The molecule has 0 atom stereocenters. The van der Waals surface area contributed by atoms with Gasteiger partial charge in [-0.25, -0.2) is 4.98 Å². The summed E-state index contributed by atoms with van der Waals surface area (Å²) in [6, 6.07) is 13.2. The van der Waals surface area contributed by atoms with Crippen LogP contribution in [-0.4, -0.2) is 62.2 Å². The standard InChI is InChI=1S/C19H24N4O2/c1-22(17-5-3-2-4-6-17)19(24)18-8-7-16(15-21-18)20-9-10-23-11-13-25-14-12-23/h2-8,15,20H,9-14H2,1H3. The molecule has 0 saturated carbocycles. The molecule has 1 aliphatic heterocycles. The Balaban J connectivity index is 1.52. The van der Waals surface area contributed by atoms with Crippen LogP contribution in [0.1, 0.15) is 10.5 Å². The summed E-state index contributed by atoms with van der Waals surface area (Å²) in [5.41, 5.74) is 2.21. The molecule has 132 valence electrons. The Morgan fingerprint density at radius 3 is 2.64 bits per heavy atom. The second-order valence-corrected chi connectivity index (χ2v) is 6.01. The lowest BCUT2D eigenvalue weighted by Crippen LogP contribution is -2.39. The molecule has 2 heterocycles. The lowest BCUT2D eigenvalue weighted by Gasteiger charge is -2.26. The van der Waals surface area contributed by atoms with Gasteiger partial charge in [-0.05, 0) is 24.3 Å². The molecule has 0 radical (unpaired) electrons. The van der Waals surface area contributed by atoms with E-state index in [1.165, 1.54) is 0 Å². The molecule has 0 unspecified atom stereocenters. The lowest BCUT2D eigenvalue weighted by molar-refractivity contribution is 0.0398. The molecule has 0 bridgehead atoms. The molecular formula is C19H24N4O2. The summed E-state index contributed by atoms with van der Waals surface area (Å²) in [7, 11) is 1.76. The third-order valence-corrected chi connectivity index (χ3v) is 4.29. The molecule has 1 fully saturated rings. The number of nitrogens with zero attached hydrogens (tertiary/aromatic N) is 3. The highest BCUT2D eigenvalue weighted by atomic mass is 16.5. The Bertz CT molecular complexity index is 670. The number of pyridine rings is 1. The third-order valence-electron chi connectivity index (χ3n) is 4.29. The van der Waals surface area contributed by atoms with Crippen LogP contribution in [0.2, 0.25) is 0 Å². The van der Waals surface area contributed by atoms with Crippen molar-refractivity contribution in [3.63, 3.8) is 0 Å². The number of para-hydroxylation sites is 1. The zero-order chi connectivity index (χ0) is 17.5. The summed E-state index contributed by atoms with van der Waals surface area (Å²) in [6.07, 6.45) is 1.71. The van der Waals surface area contributed by atoms with Gasteiger partial charge in [0.15, 0.2) is 0 Å². The average Bonchev–Trinajstić information content (AvgIpc) is 2.69. The first-order chi connectivity index (χ1) is 12.2. The van der Waals surface area contributed by atoms with Crippen molar-refractivity contribution < 1.29 is 9.53 Å². The second-order valence-electron chi connectivity index (χ2n) is 6.01. The Morgan fingerprint density at radius 2 is 1.96 bits per heavy atom. The largest absolute Gasteiger partial charge is 0.383 e. The fraction of sp³-hybridized carbons (Fsp3) is 0.368. The van der Waals surface area contributed by atoms with Gasteiger partial charge in [0.1, 0.15) is 5.69 Å². The zero-order valence-electron chi connectivity index (χ0n) is 14.5. The van der Waals surface area contributed by atoms with Crippen LogP contribution in [0.15, 0.2) is 48.7 Å². The second kappa shape index (κ2) is 8.60. The highest BCUT2D eigenvalue weighted by Crippen LogP contribution is 2.15. The van der Waals surface area contributed by atoms with E-state index in [4.69, 9.17) is 4.74 Å². The maximum atomic E-state index is 12.5. The molecule has 2 aromatic rings. The molecule has 0 aliphatic carbocycles. The molecule has 1 amide bonds. The molecule has 1 saturated heterocycles. The smallest absolute Gasteiger partial charge is 0.276 e. The van der Waals surface area contributed by atoms with Crippen molar-refractivity contribution in [2.75, 3.05) is 56.7 Å². The Kier molecular flexibility index (Phi) is 5.98. The van der Waals surface area contributed by atoms with Crippen LogP contribution in [0, 0.1) is 0 Å². The van der Waals surface area contributed by atoms with Gasteiger partial charge in [0, 0.05) is 38.9 Å². The molecule has 3 rings (SSSR count). The van der Waals surface area contributed by atoms with Crippen molar-refractivity contribution in [3.05, 3.63) is 54.4 Å². The number of nitrogens with one attached hydrogen (secondary N) is 1. The van der Waals surface area contributed by atoms with E-state index < -0.39 is 0 Å².